The van der Waals surface area contributed by atoms with Crippen LogP contribution in [0.2, 0.25) is 0 Å². The fourth-order valence-corrected chi connectivity index (χ4v) is 7.31. The van der Waals surface area contributed by atoms with Crippen LogP contribution in [-0.2, 0) is 15.9 Å². The molecular weight excluding hydrogens is 543 g/mol. The molecule has 0 unspecified atom stereocenters. The maximum Gasteiger partial charge on any atom is 0.393 e. The Kier molecular flexibility index (Phi) is 7.34. The lowest BCUT2D eigenvalue weighted by atomic mass is 9.65. The van der Waals surface area contributed by atoms with Gasteiger partial charge in [-0.2, -0.15) is 13.2 Å². The number of aromatic nitrogens is 2. The Bertz CT molecular complexity index is 1360. The normalized spacial score (nSPS) is 25.0. The van der Waals surface area contributed by atoms with Gasteiger partial charge in [-0.3, -0.25) is 4.79 Å². The average molecular weight is 576 g/mol. The molecule has 1 atom stereocenters. The SMILES string of the molecule is COC[C@@H]1CN(C(=O)c2ccc(NC3CC4(CCN(c5ncnc6sc(CC(F)(F)F)cc56)C4)C3)cc2)CCO1. The van der Waals surface area contributed by atoms with Crippen LogP contribution in [0.5, 0.6) is 0 Å². The highest BCUT2D eigenvalue weighted by Gasteiger charge is 2.49. The zero-order chi connectivity index (χ0) is 27.9. The van der Waals surface area contributed by atoms with Crippen molar-refractivity contribution in [2.45, 2.75) is 44.0 Å². The Morgan fingerprint density at radius 1 is 1.23 bits per heavy atom. The number of morpholine rings is 1. The van der Waals surface area contributed by atoms with Gasteiger partial charge in [-0.1, -0.05) is 0 Å². The molecule has 2 aromatic heterocycles. The van der Waals surface area contributed by atoms with E-state index in [9.17, 15) is 18.0 Å². The number of methoxy groups -OCH3 is 1. The molecule has 2 aliphatic heterocycles. The van der Waals surface area contributed by atoms with Crippen molar-refractivity contribution in [3.05, 3.63) is 47.1 Å². The molecule has 3 aromatic rings. The van der Waals surface area contributed by atoms with Crippen LogP contribution in [0.15, 0.2) is 36.7 Å². The molecule has 2 saturated heterocycles. The minimum atomic E-state index is -4.24. The van der Waals surface area contributed by atoms with Gasteiger partial charge in [0.2, 0.25) is 0 Å². The van der Waals surface area contributed by atoms with E-state index in [-0.39, 0.29) is 22.3 Å². The summed E-state index contributed by atoms with van der Waals surface area (Å²) in [5.74, 6) is 0.733. The standard InChI is InChI=1S/C28H32F3N5O3S/c1-38-15-21-14-35(8-9-39-21)26(37)18-2-4-19(5-3-18)34-20-11-27(12-20)6-7-36(16-27)24-23-10-22(13-28(29,30)31)40-25(23)33-17-32-24/h2-5,10,17,20-21,34H,6-9,11-16H2,1H3/t20?,21-,27?/m0/s1. The highest BCUT2D eigenvalue weighted by Crippen LogP contribution is 2.50. The minimum Gasteiger partial charge on any atom is -0.382 e. The van der Waals surface area contributed by atoms with Crippen LogP contribution in [0.25, 0.3) is 10.2 Å². The molecule has 1 spiro atoms. The summed E-state index contributed by atoms with van der Waals surface area (Å²) in [5.41, 5.74) is 1.81. The number of halogens is 3. The number of thiophene rings is 1. The van der Waals surface area contributed by atoms with E-state index in [0.717, 1.165) is 55.2 Å². The zero-order valence-electron chi connectivity index (χ0n) is 22.2. The first kappa shape index (κ1) is 27.2. The Hall–Kier alpha value is -2.96. The van der Waals surface area contributed by atoms with Crippen molar-refractivity contribution < 1.29 is 27.4 Å². The van der Waals surface area contributed by atoms with E-state index in [1.165, 1.54) is 6.33 Å². The van der Waals surface area contributed by atoms with Crippen LogP contribution in [0.4, 0.5) is 24.7 Å². The highest BCUT2D eigenvalue weighted by atomic mass is 32.1. The third kappa shape index (κ3) is 5.75. The molecule has 8 nitrogen and oxygen atoms in total. The quantitative estimate of drug-likeness (QED) is 0.436. The molecule has 6 rings (SSSR count). The van der Waals surface area contributed by atoms with E-state index in [1.54, 1.807) is 13.2 Å². The summed E-state index contributed by atoms with van der Waals surface area (Å²) >= 11 is 1.09. The molecule has 40 heavy (non-hydrogen) atoms. The zero-order valence-corrected chi connectivity index (χ0v) is 23.1. The molecule has 1 saturated carbocycles. The van der Waals surface area contributed by atoms with Gasteiger partial charge in [0, 0.05) is 55.5 Å². The summed E-state index contributed by atoms with van der Waals surface area (Å²) in [6, 6.07) is 9.58. The molecule has 1 N–H and O–H groups in total. The van der Waals surface area contributed by atoms with E-state index < -0.39 is 12.6 Å². The van der Waals surface area contributed by atoms with Gasteiger partial charge in [0.1, 0.15) is 17.0 Å². The van der Waals surface area contributed by atoms with Gasteiger partial charge < -0.3 is 24.6 Å². The van der Waals surface area contributed by atoms with Crippen LogP contribution in [-0.4, -0.2) is 85.6 Å². The molecule has 0 radical (unpaired) electrons. The summed E-state index contributed by atoms with van der Waals surface area (Å²) in [6.45, 7) is 3.73. The van der Waals surface area contributed by atoms with Crippen molar-refractivity contribution in [2.75, 3.05) is 56.7 Å². The monoisotopic (exact) mass is 575 g/mol. The van der Waals surface area contributed by atoms with E-state index in [0.29, 0.717) is 48.1 Å². The fourth-order valence-electron chi connectivity index (χ4n) is 6.28. The summed E-state index contributed by atoms with van der Waals surface area (Å²) < 4.78 is 49.6. The largest absolute Gasteiger partial charge is 0.393 e. The first-order valence-electron chi connectivity index (χ1n) is 13.5. The topological polar surface area (TPSA) is 79.8 Å². The number of carbonyl (C=O) groups is 1. The van der Waals surface area contributed by atoms with Crippen LogP contribution in [0.3, 0.4) is 0 Å². The van der Waals surface area contributed by atoms with E-state index in [4.69, 9.17) is 9.47 Å². The van der Waals surface area contributed by atoms with Gasteiger partial charge in [0.15, 0.2) is 0 Å². The number of amides is 1. The predicted molar refractivity (Wildman–Crippen MR) is 147 cm³/mol. The third-order valence-electron chi connectivity index (χ3n) is 8.11. The number of hydrogen-bond donors (Lipinski definition) is 1. The molecule has 214 valence electrons. The second-order valence-electron chi connectivity index (χ2n) is 11.1. The van der Waals surface area contributed by atoms with Crippen molar-refractivity contribution in [1.29, 1.82) is 0 Å². The molecule has 3 aliphatic rings. The number of fused-ring (bicyclic) bond motifs is 1. The van der Waals surface area contributed by atoms with E-state index in [2.05, 4.69) is 20.2 Å². The Morgan fingerprint density at radius 2 is 2.02 bits per heavy atom. The smallest absolute Gasteiger partial charge is 0.382 e. The average Bonchev–Trinajstić information content (AvgIpc) is 3.52. The molecule has 1 amide bonds. The summed E-state index contributed by atoms with van der Waals surface area (Å²) in [4.78, 5) is 26.5. The van der Waals surface area contributed by atoms with Gasteiger partial charge in [-0.05, 0) is 55.0 Å². The molecule has 3 fully saturated rings. The van der Waals surface area contributed by atoms with Crippen LogP contribution in [0.1, 0.15) is 34.5 Å². The number of alkyl halides is 3. The fraction of sp³-hybridized carbons (Fsp3) is 0.536. The summed E-state index contributed by atoms with van der Waals surface area (Å²) in [5, 5.41) is 4.31. The number of nitrogens with one attached hydrogen (secondary N) is 1. The van der Waals surface area contributed by atoms with Crippen molar-refractivity contribution >= 4 is 39.0 Å². The Balaban J connectivity index is 1.03. The molecule has 1 aliphatic carbocycles. The van der Waals surface area contributed by atoms with Crippen LogP contribution < -0.4 is 10.2 Å². The van der Waals surface area contributed by atoms with Gasteiger partial charge in [0.05, 0.1) is 31.1 Å². The molecule has 12 heteroatoms. The maximum absolute atomic E-state index is 13.0. The van der Waals surface area contributed by atoms with Gasteiger partial charge in [-0.15, -0.1) is 11.3 Å². The van der Waals surface area contributed by atoms with E-state index >= 15 is 0 Å². The van der Waals surface area contributed by atoms with Crippen molar-refractivity contribution in [3.63, 3.8) is 0 Å². The minimum absolute atomic E-state index is 0.000393. The highest BCUT2D eigenvalue weighted by molar-refractivity contribution is 7.18. The molecule has 4 heterocycles. The van der Waals surface area contributed by atoms with Gasteiger partial charge >= 0.3 is 6.18 Å². The molecular formula is C28H32F3N5O3S. The Labute approximate surface area is 234 Å². The van der Waals surface area contributed by atoms with Crippen molar-refractivity contribution in [1.82, 2.24) is 14.9 Å². The number of ether oxygens (including phenoxy) is 2. The lowest BCUT2D eigenvalue weighted by molar-refractivity contribution is -0.126. The lowest BCUT2D eigenvalue weighted by Gasteiger charge is -2.46. The Morgan fingerprint density at radius 3 is 2.77 bits per heavy atom. The second kappa shape index (κ2) is 10.8. The summed E-state index contributed by atoms with van der Waals surface area (Å²) in [6.07, 6.45) is -0.792. The molecule has 1 aromatic carbocycles. The first-order valence-corrected chi connectivity index (χ1v) is 14.3. The number of nitrogens with zero attached hydrogens (tertiary/aromatic N) is 4. The number of rotatable bonds is 7. The predicted octanol–water partition coefficient (Wildman–Crippen LogP) is 4.75. The third-order valence-corrected chi connectivity index (χ3v) is 9.16. The number of hydrogen-bond acceptors (Lipinski definition) is 8. The lowest BCUT2D eigenvalue weighted by Crippen LogP contribution is -2.47. The van der Waals surface area contributed by atoms with Crippen LogP contribution >= 0.6 is 11.3 Å². The van der Waals surface area contributed by atoms with Gasteiger partial charge in [-0.25, -0.2) is 9.97 Å². The summed E-state index contributed by atoms with van der Waals surface area (Å²) in [7, 11) is 1.63. The number of anilines is 2. The maximum atomic E-state index is 13.0. The second-order valence-corrected chi connectivity index (χ2v) is 12.2. The van der Waals surface area contributed by atoms with E-state index in [1.807, 2.05) is 29.2 Å². The van der Waals surface area contributed by atoms with Crippen molar-refractivity contribution in [2.24, 2.45) is 5.41 Å². The van der Waals surface area contributed by atoms with Gasteiger partial charge in [0.25, 0.3) is 5.91 Å². The number of benzene rings is 1. The number of carbonyl (C=O) groups excluding carboxylic acids is 1. The van der Waals surface area contributed by atoms with Crippen LogP contribution in [0, 0.1) is 5.41 Å². The first-order chi connectivity index (χ1) is 19.2. The molecule has 0 bridgehead atoms. The van der Waals surface area contributed by atoms with Crippen molar-refractivity contribution in [3.8, 4) is 0 Å².